The summed E-state index contributed by atoms with van der Waals surface area (Å²) in [4.78, 5) is 14.0. The number of rotatable bonds is 1. The Morgan fingerprint density at radius 3 is 3.08 bits per heavy atom. The fourth-order valence-corrected chi connectivity index (χ4v) is 1.67. The van der Waals surface area contributed by atoms with Crippen LogP contribution in [0.2, 0.25) is 0 Å². The summed E-state index contributed by atoms with van der Waals surface area (Å²) in [7, 11) is 0. The molecule has 2 aromatic rings. The number of nitro benzene ring substituents is 1. The van der Waals surface area contributed by atoms with Gasteiger partial charge in [-0.2, -0.15) is 0 Å². The fourth-order valence-electron chi connectivity index (χ4n) is 0.957. The smallest absolute Gasteiger partial charge is 0.258 e. The molecule has 1 heterocycles. The van der Waals surface area contributed by atoms with E-state index >= 15 is 0 Å². The number of hydrogen-bond acceptors (Lipinski definition) is 4. The molecule has 0 aliphatic carbocycles. The van der Waals surface area contributed by atoms with E-state index in [0.29, 0.717) is 0 Å². The average molecular weight is 180 g/mol. The second kappa shape index (κ2) is 2.53. The maximum Gasteiger partial charge on any atom is 0.270 e. The molecule has 60 valence electrons. The van der Waals surface area contributed by atoms with Crippen LogP contribution in [0.4, 0.5) is 5.69 Å². The number of non-ortho nitro benzene ring substituents is 1. The van der Waals surface area contributed by atoms with Crippen molar-refractivity contribution in [3.8, 4) is 0 Å². The summed E-state index contributed by atoms with van der Waals surface area (Å²) >= 11 is 1.40. The zero-order chi connectivity index (χ0) is 8.55. The Bertz CT molecular complexity index is 438. The minimum Gasteiger partial charge on any atom is -0.258 e. The summed E-state index contributed by atoms with van der Waals surface area (Å²) in [6.45, 7) is 0. The van der Waals surface area contributed by atoms with E-state index in [1.54, 1.807) is 11.6 Å². The summed E-state index contributed by atoms with van der Waals surface area (Å²) in [5.74, 6) is 0. The second-order valence-corrected chi connectivity index (χ2v) is 3.15. The Hall–Kier alpha value is -1.49. The second-order valence-electron chi connectivity index (χ2n) is 2.26. The Labute approximate surface area is 71.6 Å². The Kier molecular flexibility index (Phi) is 1.51. The lowest BCUT2D eigenvalue weighted by Crippen LogP contribution is -1.85. The summed E-state index contributed by atoms with van der Waals surface area (Å²) in [5, 5.41) is 10.4. The standard InChI is InChI=1S/C7H4N2O2S/c10-9(11)5-1-2-6-7(3-5)12-4-8-6/h1-4H. The van der Waals surface area contributed by atoms with Crippen molar-refractivity contribution in [2.24, 2.45) is 0 Å². The number of hydrogen-bond donors (Lipinski definition) is 0. The van der Waals surface area contributed by atoms with E-state index in [4.69, 9.17) is 0 Å². The molecular weight excluding hydrogens is 176 g/mol. The molecule has 0 unspecified atom stereocenters. The zero-order valence-corrected chi connectivity index (χ0v) is 6.75. The van der Waals surface area contributed by atoms with Crippen LogP contribution in [0.15, 0.2) is 23.7 Å². The van der Waals surface area contributed by atoms with Crippen molar-refractivity contribution in [2.45, 2.75) is 0 Å². The van der Waals surface area contributed by atoms with E-state index in [-0.39, 0.29) is 5.69 Å². The van der Waals surface area contributed by atoms with Gasteiger partial charge in [-0.3, -0.25) is 10.1 Å². The van der Waals surface area contributed by atoms with Gasteiger partial charge < -0.3 is 0 Å². The van der Waals surface area contributed by atoms with Crippen LogP contribution < -0.4 is 0 Å². The molecule has 4 nitrogen and oxygen atoms in total. The molecular formula is C7H4N2O2S. The first-order chi connectivity index (χ1) is 5.77. The van der Waals surface area contributed by atoms with E-state index < -0.39 is 4.92 Å². The first-order valence-corrected chi connectivity index (χ1v) is 4.13. The van der Waals surface area contributed by atoms with Gasteiger partial charge in [-0.05, 0) is 6.07 Å². The Morgan fingerprint density at radius 1 is 1.50 bits per heavy atom. The number of aromatic nitrogens is 1. The molecule has 0 aliphatic rings. The lowest BCUT2D eigenvalue weighted by molar-refractivity contribution is -0.384. The molecule has 0 amide bonds. The normalized spacial score (nSPS) is 10.3. The quantitative estimate of drug-likeness (QED) is 0.499. The topological polar surface area (TPSA) is 56.0 Å². The summed E-state index contributed by atoms with van der Waals surface area (Å²) in [5.41, 5.74) is 2.60. The van der Waals surface area contributed by atoms with Crippen molar-refractivity contribution in [1.29, 1.82) is 0 Å². The molecule has 0 fully saturated rings. The number of thiazole rings is 1. The van der Waals surface area contributed by atoms with Gasteiger partial charge in [0.1, 0.15) is 0 Å². The first-order valence-electron chi connectivity index (χ1n) is 3.25. The van der Waals surface area contributed by atoms with Gasteiger partial charge in [-0.1, -0.05) is 0 Å². The molecule has 0 spiro atoms. The van der Waals surface area contributed by atoms with Gasteiger partial charge >= 0.3 is 0 Å². The highest BCUT2D eigenvalue weighted by Crippen LogP contribution is 2.22. The lowest BCUT2D eigenvalue weighted by atomic mass is 10.3. The maximum atomic E-state index is 10.4. The highest BCUT2D eigenvalue weighted by molar-refractivity contribution is 7.16. The van der Waals surface area contributed by atoms with E-state index in [1.807, 2.05) is 0 Å². The highest BCUT2D eigenvalue weighted by Gasteiger charge is 2.06. The van der Waals surface area contributed by atoms with E-state index in [0.717, 1.165) is 10.2 Å². The molecule has 2 rings (SSSR count). The van der Waals surface area contributed by atoms with Crippen molar-refractivity contribution in [2.75, 3.05) is 0 Å². The van der Waals surface area contributed by atoms with Gasteiger partial charge in [0.25, 0.3) is 5.69 Å². The van der Waals surface area contributed by atoms with E-state index in [9.17, 15) is 10.1 Å². The van der Waals surface area contributed by atoms with Gasteiger partial charge in [-0.25, -0.2) is 4.98 Å². The summed E-state index contributed by atoms with van der Waals surface area (Å²) < 4.78 is 0.851. The molecule has 12 heavy (non-hydrogen) atoms. The average Bonchev–Trinajstić information content (AvgIpc) is 2.49. The number of fused-ring (bicyclic) bond motifs is 1. The molecule has 0 N–H and O–H groups in total. The molecule has 1 aromatic heterocycles. The SMILES string of the molecule is O=[N+]([O-])c1ccc2ncsc2c1. The third-order valence-electron chi connectivity index (χ3n) is 1.53. The lowest BCUT2D eigenvalue weighted by Gasteiger charge is -1.89. The number of benzene rings is 1. The van der Waals surface area contributed by atoms with Crippen LogP contribution in [0.1, 0.15) is 0 Å². The Balaban J connectivity index is 2.68. The van der Waals surface area contributed by atoms with Crippen LogP contribution in [-0.4, -0.2) is 9.91 Å². The van der Waals surface area contributed by atoms with Gasteiger partial charge in [0.05, 0.1) is 20.7 Å². The van der Waals surface area contributed by atoms with Crippen molar-refractivity contribution in [3.63, 3.8) is 0 Å². The molecule has 1 aromatic carbocycles. The van der Waals surface area contributed by atoms with Gasteiger partial charge in [0.2, 0.25) is 0 Å². The van der Waals surface area contributed by atoms with Crippen molar-refractivity contribution >= 4 is 27.2 Å². The Morgan fingerprint density at radius 2 is 2.33 bits per heavy atom. The number of nitro groups is 1. The molecule has 0 saturated carbocycles. The van der Waals surface area contributed by atoms with Crippen LogP contribution in [0.25, 0.3) is 10.2 Å². The third-order valence-corrected chi connectivity index (χ3v) is 2.32. The van der Waals surface area contributed by atoms with Crippen LogP contribution in [0, 0.1) is 10.1 Å². The molecule has 5 heteroatoms. The van der Waals surface area contributed by atoms with Crippen molar-refractivity contribution in [1.82, 2.24) is 4.98 Å². The third kappa shape index (κ3) is 1.04. The van der Waals surface area contributed by atoms with Crippen molar-refractivity contribution in [3.05, 3.63) is 33.8 Å². The van der Waals surface area contributed by atoms with E-state index in [1.165, 1.54) is 23.5 Å². The fraction of sp³-hybridized carbons (Fsp3) is 0. The molecule has 0 atom stereocenters. The predicted molar refractivity (Wildman–Crippen MR) is 46.3 cm³/mol. The zero-order valence-electron chi connectivity index (χ0n) is 5.93. The maximum absolute atomic E-state index is 10.4. The molecule has 0 radical (unpaired) electrons. The molecule has 0 bridgehead atoms. The minimum absolute atomic E-state index is 0.117. The van der Waals surface area contributed by atoms with E-state index in [2.05, 4.69) is 4.98 Å². The predicted octanol–water partition coefficient (Wildman–Crippen LogP) is 2.20. The van der Waals surface area contributed by atoms with Gasteiger partial charge in [0, 0.05) is 12.1 Å². The summed E-state index contributed by atoms with van der Waals surface area (Å²) in [6, 6.07) is 4.65. The summed E-state index contributed by atoms with van der Waals surface area (Å²) in [6.07, 6.45) is 0. The van der Waals surface area contributed by atoms with Crippen LogP contribution in [-0.2, 0) is 0 Å². The highest BCUT2D eigenvalue weighted by atomic mass is 32.1. The largest absolute Gasteiger partial charge is 0.270 e. The molecule has 0 saturated heterocycles. The van der Waals surface area contributed by atoms with Crippen LogP contribution in [0.5, 0.6) is 0 Å². The molecule has 0 aliphatic heterocycles. The van der Waals surface area contributed by atoms with Crippen LogP contribution >= 0.6 is 11.3 Å². The monoisotopic (exact) mass is 180 g/mol. The van der Waals surface area contributed by atoms with Gasteiger partial charge in [0.15, 0.2) is 0 Å². The first kappa shape index (κ1) is 7.17. The van der Waals surface area contributed by atoms with Gasteiger partial charge in [-0.15, -0.1) is 11.3 Å². The van der Waals surface area contributed by atoms with Crippen LogP contribution in [0.3, 0.4) is 0 Å². The van der Waals surface area contributed by atoms with Crippen molar-refractivity contribution < 1.29 is 4.92 Å². The minimum atomic E-state index is -0.404. The number of nitrogens with zero attached hydrogens (tertiary/aromatic N) is 2.